The topological polar surface area (TPSA) is 12.0 Å². The van der Waals surface area contributed by atoms with E-state index in [-0.39, 0.29) is 11.9 Å². The summed E-state index contributed by atoms with van der Waals surface area (Å²) in [6.07, 6.45) is 0. The van der Waals surface area contributed by atoms with Crippen LogP contribution in [-0.2, 0) is 0 Å². The summed E-state index contributed by atoms with van der Waals surface area (Å²) in [6, 6.07) is 10.2. The van der Waals surface area contributed by atoms with Crippen LogP contribution in [0.15, 0.2) is 45.3 Å². The molecule has 0 spiro atoms. The van der Waals surface area contributed by atoms with Crippen molar-refractivity contribution in [3.8, 4) is 0 Å². The summed E-state index contributed by atoms with van der Waals surface area (Å²) < 4.78 is 15.1. The highest BCUT2D eigenvalue weighted by atomic mass is 79.9. The maximum absolute atomic E-state index is 13.1. The van der Waals surface area contributed by atoms with E-state index in [9.17, 15) is 4.39 Å². The van der Waals surface area contributed by atoms with Gasteiger partial charge in [-0.2, -0.15) is 0 Å². The molecule has 19 heavy (non-hydrogen) atoms. The molecule has 0 saturated heterocycles. The monoisotopic (exact) mass is 405 g/mol. The molecule has 100 valence electrons. The van der Waals surface area contributed by atoms with Gasteiger partial charge in [0.15, 0.2) is 0 Å². The molecule has 1 N–H and O–H groups in total. The Balaban J connectivity index is 2.52. The van der Waals surface area contributed by atoms with E-state index < -0.39 is 0 Å². The summed E-state index contributed by atoms with van der Waals surface area (Å²) in [5.74, 6) is -0.336. The molecule has 2 aromatic carbocycles. The number of rotatable bonds is 3. The smallest absolute Gasteiger partial charge is 0.124 e. The lowest BCUT2D eigenvalue weighted by atomic mass is 9.99. The molecule has 0 bridgehead atoms. The number of nitrogens with one attached hydrogen (secondary N) is 1. The Morgan fingerprint density at radius 3 is 2.47 bits per heavy atom. The van der Waals surface area contributed by atoms with Gasteiger partial charge in [-0.3, -0.25) is 0 Å². The van der Waals surface area contributed by atoms with Crippen LogP contribution in [-0.4, -0.2) is 7.05 Å². The van der Waals surface area contributed by atoms with Crippen molar-refractivity contribution >= 4 is 43.5 Å². The van der Waals surface area contributed by atoms with Gasteiger partial charge in [-0.25, -0.2) is 4.39 Å². The fourth-order valence-electron chi connectivity index (χ4n) is 1.95. The maximum Gasteiger partial charge on any atom is 0.124 e. The molecule has 0 saturated carbocycles. The van der Waals surface area contributed by atoms with Crippen LogP contribution in [0.4, 0.5) is 4.39 Å². The molecule has 0 radical (unpaired) electrons. The lowest BCUT2D eigenvalue weighted by Gasteiger charge is -2.20. The van der Waals surface area contributed by atoms with Gasteiger partial charge in [-0.15, -0.1) is 0 Å². The van der Waals surface area contributed by atoms with E-state index in [1.54, 1.807) is 6.07 Å². The summed E-state index contributed by atoms with van der Waals surface area (Å²) in [5, 5.41) is 3.61. The molecule has 0 aliphatic carbocycles. The zero-order valence-corrected chi connectivity index (χ0v) is 14.0. The standard InChI is InChI=1S/C14H11Br2ClFN/c1-19-14(10-4-3-9(18)7-13(10)17)11-6-8(15)2-5-12(11)16/h2-7,14,19H,1H3. The Morgan fingerprint density at radius 2 is 1.84 bits per heavy atom. The van der Waals surface area contributed by atoms with Crippen LogP contribution >= 0.6 is 43.5 Å². The van der Waals surface area contributed by atoms with Gasteiger partial charge >= 0.3 is 0 Å². The average Bonchev–Trinajstić information content (AvgIpc) is 2.36. The summed E-state index contributed by atoms with van der Waals surface area (Å²) in [5.41, 5.74) is 1.87. The lowest BCUT2D eigenvalue weighted by Crippen LogP contribution is -2.18. The maximum atomic E-state index is 13.1. The van der Waals surface area contributed by atoms with Gasteiger partial charge in [0.1, 0.15) is 5.82 Å². The second-order valence-corrected chi connectivity index (χ2v) is 6.23. The number of benzene rings is 2. The molecular weight excluding hydrogens is 396 g/mol. The van der Waals surface area contributed by atoms with Crippen molar-refractivity contribution in [3.63, 3.8) is 0 Å². The molecule has 1 nitrogen and oxygen atoms in total. The van der Waals surface area contributed by atoms with Crippen LogP contribution in [0.5, 0.6) is 0 Å². The molecule has 5 heteroatoms. The largest absolute Gasteiger partial charge is 0.309 e. The SMILES string of the molecule is CNC(c1ccc(F)cc1Cl)c1cc(Br)ccc1Br. The van der Waals surface area contributed by atoms with Gasteiger partial charge in [-0.1, -0.05) is 49.5 Å². The summed E-state index contributed by atoms with van der Waals surface area (Å²) in [7, 11) is 1.84. The molecular formula is C14H11Br2ClFN. The molecule has 0 aliphatic rings. The Hall–Kier alpha value is -0.420. The van der Waals surface area contributed by atoms with Crippen molar-refractivity contribution in [1.29, 1.82) is 0 Å². The van der Waals surface area contributed by atoms with Gasteiger partial charge in [0.2, 0.25) is 0 Å². The third kappa shape index (κ3) is 3.37. The number of halogens is 4. The minimum absolute atomic E-state index is 0.111. The summed E-state index contributed by atoms with van der Waals surface area (Å²) in [4.78, 5) is 0. The van der Waals surface area contributed by atoms with Crippen LogP contribution in [0.1, 0.15) is 17.2 Å². The van der Waals surface area contributed by atoms with Gasteiger partial charge in [0.05, 0.1) is 6.04 Å². The van der Waals surface area contributed by atoms with Crippen molar-refractivity contribution in [3.05, 3.63) is 67.3 Å². The zero-order valence-electron chi connectivity index (χ0n) is 10.1. The van der Waals surface area contributed by atoms with Gasteiger partial charge in [0, 0.05) is 14.0 Å². The fourth-order valence-corrected chi connectivity index (χ4v) is 3.08. The molecule has 2 aromatic rings. The second-order valence-electron chi connectivity index (χ2n) is 4.05. The Kier molecular flexibility index (Phi) is 5.01. The third-order valence-electron chi connectivity index (χ3n) is 2.83. The second kappa shape index (κ2) is 6.35. The van der Waals surface area contributed by atoms with E-state index in [2.05, 4.69) is 37.2 Å². The molecule has 1 unspecified atom stereocenters. The van der Waals surface area contributed by atoms with Crippen LogP contribution in [0.2, 0.25) is 5.02 Å². The number of hydrogen-bond acceptors (Lipinski definition) is 1. The first-order chi connectivity index (χ1) is 9.02. The average molecular weight is 408 g/mol. The summed E-state index contributed by atoms with van der Waals surface area (Å²) >= 11 is 13.1. The minimum Gasteiger partial charge on any atom is -0.309 e. The number of hydrogen-bond donors (Lipinski definition) is 1. The molecule has 0 amide bonds. The van der Waals surface area contributed by atoms with Crippen LogP contribution < -0.4 is 5.32 Å². The van der Waals surface area contributed by atoms with E-state index >= 15 is 0 Å². The van der Waals surface area contributed by atoms with E-state index in [1.807, 2.05) is 25.2 Å². The third-order valence-corrected chi connectivity index (χ3v) is 4.37. The minimum atomic E-state index is -0.336. The fraction of sp³-hybridized carbons (Fsp3) is 0.143. The quantitative estimate of drug-likeness (QED) is 0.727. The highest BCUT2D eigenvalue weighted by Gasteiger charge is 2.18. The molecule has 0 aliphatic heterocycles. The molecule has 1 atom stereocenters. The molecule has 0 fully saturated rings. The lowest BCUT2D eigenvalue weighted by molar-refractivity contribution is 0.623. The van der Waals surface area contributed by atoms with Crippen molar-refractivity contribution in [2.45, 2.75) is 6.04 Å². The molecule has 0 aromatic heterocycles. The van der Waals surface area contributed by atoms with E-state index in [0.717, 1.165) is 20.1 Å². The highest BCUT2D eigenvalue weighted by molar-refractivity contribution is 9.11. The van der Waals surface area contributed by atoms with Gasteiger partial charge in [0.25, 0.3) is 0 Å². The van der Waals surface area contributed by atoms with E-state index in [4.69, 9.17) is 11.6 Å². The Morgan fingerprint density at radius 1 is 1.11 bits per heavy atom. The Bertz CT molecular complexity index is 604. The Labute approximate surface area is 133 Å². The van der Waals surface area contributed by atoms with E-state index in [0.29, 0.717) is 5.02 Å². The highest BCUT2D eigenvalue weighted by Crippen LogP contribution is 2.34. The predicted molar refractivity (Wildman–Crippen MR) is 84.2 cm³/mol. The normalized spacial score (nSPS) is 12.5. The molecule has 2 rings (SSSR count). The molecule has 0 heterocycles. The van der Waals surface area contributed by atoms with Crippen molar-refractivity contribution in [1.82, 2.24) is 5.32 Å². The summed E-state index contributed by atoms with van der Waals surface area (Å²) in [6.45, 7) is 0. The zero-order chi connectivity index (χ0) is 14.0. The van der Waals surface area contributed by atoms with Gasteiger partial charge in [-0.05, 0) is 48.5 Å². The van der Waals surface area contributed by atoms with E-state index in [1.165, 1.54) is 12.1 Å². The van der Waals surface area contributed by atoms with Crippen LogP contribution in [0, 0.1) is 5.82 Å². The first kappa shape index (κ1) is 15.0. The van der Waals surface area contributed by atoms with Crippen LogP contribution in [0.25, 0.3) is 0 Å². The van der Waals surface area contributed by atoms with Crippen molar-refractivity contribution < 1.29 is 4.39 Å². The van der Waals surface area contributed by atoms with Gasteiger partial charge < -0.3 is 5.32 Å². The van der Waals surface area contributed by atoms with Crippen molar-refractivity contribution in [2.24, 2.45) is 0 Å². The predicted octanol–water partition coefficient (Wildman–Crippen LogP) is 5.31. The first-order valence-electron chi connectivity index (χ1n) is 5.60. The first-order valence-corrected chi connectivity index (χ1v) is 7.56. The van der Waals surface area contributed by atoms with Crippen molar-refractivity contribution in [2.75, 3.05) is 7.05 Å². The van der Waals surface area contributed by atoms with Crippen LogP contribution in [0.3, 0.4) is 0 Å².